The molecule has 1 aromatic heterocycles. The third kappa shape index (κ3) is 4.88. The summed E-state index contributed by atoms with van der Waals surface area (Å²) in [4.78, 5) is 0. The van der Waals surface area contributed by atoms with E-state index in [9.17, 15) is 0 Å². The largest absolute Gasteiger partial charge is 0.488 e. The van der Waals surface area contributed by atoms with Crippen molar-refractivity contribution in [3.8, 4) is 11.5 Å². The summed E-state index contributed by atoms with van der Waals surface area (Å²) in [6, 6.07) is 10.5. The molecule has 0 spiro atoms. The van der Waals surface area contributed by atoms with Crippen molar-refractivity contribution in [3.63, 3.8) is 0 Å². The molecule has 2 aromatic carbocycles. The molecule has 0 saturated carbocycles. The standard InChI is InChI=1S/C17H13Cl3N4O2/c18-13-7-12(9-23-24-10-21-22-11-24)17(15(20)8-13)26-6-5-25-16-4-2-1-3-14(16)19/h1-4,7-11H,5-6H2/b23-9-. The van der Waals surface area contributed by atoms with Gasteiger partial charge >= 0.3 is 0 Å². The normalized spacial score (nSPS) is 11.0. The van der Waals surface area contributed by atoms with Gasteiger partial charge in [0.05, 0.1) is 16.3 Å². The number of hydrogen-bond donors (Lipinski definition) is 0. The van der Waals surface area contributed by atoms with Gasteiger partial charge in [-0.2, -0.15) is 5.10 Å². The lowest BCUT2D eigenvalue weighted by Crippen LogP contribution is -2.10. The SMILES string of the molecule is Clc1cc(Cl)c(OCCOc2ccccc2Cl)c(/C=N\n2cnnc2)c1. The van der Waals surface area contributed by atoms with E-state index >= 15 is 0 Å². The smallest absolute Gasteiger partial charge is 0.147 e. The van der Waals surface area contributed by atoms with Crippen molar-refractivity contribution >= 4 is 41.0 Å². The van der Waals surface area contributed by atoms with E-state index in [2.05, 4.69) is 15.3 Å². The highest BCUT2D eigenvalue weighted by Gasteiger charge is 2.10. The Bertz CT molecular complexity index is 901. The van der Waals surface area contributed by atoms with Gasteiger partial charge in [0.2, 0.25) is 0 Å². The molecule has 0 aliphatic carbocycles. The lowest BCUT2D eigenvalue weighted by Gasteiger charge is -2.13. The van der Waals surface area contributed by atoms with Crippen molar-refractivity contribution in [2.75, 3.05) is 13.2 Å². The Morgan fingerprint density at radius 2 is 1.69 bits per heavy atom. The molecule has 9 heteroatoms. The molecule has 0 bridgehead atoms. The van der Waals surface area contributed by atoms with Crippen LogP contribution in [0.5, 0.6) is 11.5 Å². The van der Waals surface area contributed by atoms with Crippen molar-refractivity contribution < 1.29 is 9.47 Å². The van der Waals surface area contributed by atoms with Gasteiger partial charge in [0, 0.05) is 10.6 Å². The first-order valence-electron chi connectivity index (χ1n) is 7.51. The van der Waals surface area contributed by atoms with Crippen LogP contribution in [0.15, 0.2) is 54.2 Å². The summed E-state index contributed by atoms with van der Waals surface area (Å²) < 4.78 is 12.8. The molecule has 0 aliphatic rings. The topological polar surface area (TPSA) is 61.5 Å². The van der Waals surface area contributed by atoms with Gasteiger partial charge in [0.15, 0.2) is 0 Å². The predicted octanol–water partition coefficient (Wildman–Crippen LogP) is 4.58. The van der Waals surface area contributed by atoms with E-state index in [1.54, 1.807) is 30.5 Å². The number of nitrogens with zero attached hydrogens (tertiary/aromatic N) is 4. The fourth-order valence-electron chi connectivity index (χ4n) is 2.07. The average molecular weight is 412 g/mol. The highest BCUT2D eigenvalue weighted by atomic mass is 35.5. The maximum atomic E-state index is 6.25. The summed E-state index contributed by atoms with van der Waals surface area (Å²) in [6.07, 6.45) is 4.48. The second-order valence-electron chi connectivity index (χ2n) is 5.02. The summed E-state index contributed by atoms with van der Waals surface area (Å²) in [7, 11) is 0. The second kappa shape index (κ2) is 8.89. The van der Waals surface area contributed by atoms with Crippen LogP contribution < -0.4 is 9.47 Å². The zero-order valence-electron chi connectivity index (χ0n) is 13.3. The molecule has 6 nitrogen and oxygen atoms in total. The van der Waals surface area contributed by atoms with Crippen LogP contribution in [-0.2, 0) is 0 Å². The third-order valence-electron chi connectivity index (χ3n) is 3.20. The van der Waals surface area contributed by atoms with E-state index in [4.69, 9.17) is 44.3 Å². The lowest BCUT2D eigenvalue weighted by atomic mass is 10.2. The van der Waals surface area contributed by atoms with Gasteiger partial charge in [-0.15, -0.1) is 10.2 Å². The maximum absolute atomic E-state index is 6.25. The highest BCUT2D eigenvalue weighted by Crippen LogP contribution is 2.31. The Balaban J connectivity index is 1.67. The number of halogens is 3. The maximum Gasteiger partial charge on any atom is 0.147 e. The van der Waals surface area contributed by atoms with Gasteiger partial charge < -0.3 is 9.47 Å². The Hall–Kier alpha value is -2.28. The molecule has 1 heterocycles. The van der Waals surface area contributed by atoms with Gasteiger partial charge in [-0.25, -0.2) is 4.68 Å². The molecule has 26 heavy (non-hydrogen) atoms. The second-order valence-corrected chi connectivity index (χ2v) is 6.27. The monoisotopic (exact) mass is 410 g/mol. The van der Waals surface area contributed by atoms with Crippen molar-refractivity contribution in [3.05, 3.63) is 69.7 Å². The molecule has 3 rings (SSSR count). The molecule has 134 valence electrons. The Morgan fingerprint density at radius 3 is 2.46 bits per heavy atom. The van der Waals surface area contributed by atoms with E-state index in [0.717, 1.165) is 0 Å². The summed E-state index contributed by atoms with van der Waals surface area (Å²) in [5, 5.41) is 12.9. The van der Waals surface area contributed by atoms with E-state index in [-0.39, 0.29) is 6.61 Å². The van der Waals surface area contributed by atoms with Crippen molar-refractivity contribution in [2.45, 2.75) is 0 Å². The first-order valence-corrected chi connectivity index (χ1v) is 8.65. The van der Waals surface area contributed by atoms with Crippen LogP contribution in [0.25, 0.3) is 0 Å². The summed E-state index contributed by atoms with van der Waals surface area (Å²) in [5.41, 5.74) is 0.619. The zero-order valence-corrected chi connectivity index (χ0v) is 15.6. The van der Waals surface area contributed by atoms with E-state index < -0.39 is 0 Å². The third-order valence-corrected chi connectivity index (χ3v) is 4.01. The molecule has 0 aliphatic heterocycles. The molecule has 0 radical (unpaired) electrons. The summed E-state index contributed by atoms with van der Waals surface area (Å²) in [6.45, 7) is 0.560. The number of benzene rings is 2. The number of rotatable bonds is 7. The quantitative estimate of drug-likeness (QED) is 0.422. The fourth-order valence-corrected chi connectivity index (χ4v) is 2.82. The summed E-state index contributed by atoms with van der Waals surface area (Å²) in [5.74, 6) is 1.05. The molecule has 0 amide bonds. The van der Waals surface area contributed by atoms with Crippen LogP contribution in [0, 0.1) is 0 Å². The number of para-hydroxylation sites is 1. The number of ether oxygens (including phenoxy) is 2. The zero-order chi connectivity index (χ0) is 18.4. The molecule has 0 saturated heterocycles. The highest BCUT2D eigenvalue weighted by molar-refractivity contribution is 6.36. The Labute approximate surface area is 164 Å². The first-order chi connectivity index (χ1) is 12.6. The van der Waals surface area contributed by atoms with Crippen molar-refractivity contribution in [1.82, 2.24) is 14.9 Å². The minimum atomic E-state index is 0.264. The van der Waals surface area contributed by atoms with Gasteiger partial charge in [-0.1, -0.05) is 46.9 Å². The van der Waals surface area contributed by atoms with Gasteiger partial charge in [0.25, 0.3) is 0 Å². The van der Waals surface area contributed by atoms with E-state index in [0.29, 0.717) is 38.7 Å². The molecule has 0 fully saturated rings. The minimum absolute atomic E-state index is 0.264. The van der Waals surface area contributed by atoms with Gasteiger partial charge in [-0.05, 0) is 24.3 Å². The summed E-state index contributed by atoms with van der Waals surface area (Å²) >= 11 is 18.4. The molecule has 3 aromatic rings. The molecular formula is C17H13Cl3N4O2. The van der Waals surface area contributed by atoms with Crippen LogP contribution in [0.3, 0.4) is 0 Å². The van der Waals surface area contributed by atoms with Gasteiger partial charge in [0.1, 0.15) is 37.4 Å². The average Bonchev–Trinajstić information content (AvgIpc) is 3.13. The Kier molecular flexibility index (Phi) is 6.33. The van der Waals surface area contributed by atoms with E-state index in [1.807, 2.05) is 12.1 Å². The molecule has 0 unspecified atom stereocenters. The van der Waals surface area contributed by atoms with Crippen LogP contribution in [0.4, 0.5) is 0 Å². The first kappa shape index (κ1) is 18.5. The Morgan fingerprint density at radius 1 is 0.962 bits per heavy atom. The minimum Gasteiger partial charge on any atom is -0.488 e. The van der Waals surface area contributed by atoms with Crippen LogP contribution in [0.1, 0.15) is 5.56 Å². The number of hydrogen-bond acceptors (Lipinski definition) is 5. The predicted molar refractivity (Wildman–Crippen MR) is 102 cm³/mol. The number of aromatic nitrogens is 3. The van der Waals surface area contributed by atoms with Crippen molar-refractivity contribution in [2.24, 2.45) is 5.10 Å². The van der Waals surface area contributed by atoms with Crippen LogP contribution in [-0.4, -0.2) is 34.3 Å². The molecular weight excluding hydrogens is 399 g/mol. The van der Waals surface area contributed by atoms with Gasteiger partial charge in [-0.3, -0.25) is 0 Å². The fraction of sp³-hybridized carbons (Fsp3) is 0.118. The molecule has 0 N–H and O–H groups in total. The molecule has 0 atom stereocenters. The lowest BCUT2D eigenvalue weighted by molar-refractivity contribution is 0.217. The van der Waals surface area contributed by atoms with Crippen LogP contribution >= 0.6 is 34.8 Å². The van der Waals surface area contributed by atoms with Crippen LogP contribution in [0.2, 0.25) is 15.1 Å². The van der Waals surface area contributed by atoms with Crippen molar-refractivity contribution in [1.29, 1.82) is 0 Å². The van der Waals surface area contributed by atoms with E-state index in [1.165, 1.54) is 17.3 Å².